The smallest absolute Gasteiger partial charge is 0.258 e. The van der Waals surface area contributed by atoms with Crippen molar-refractivity contribution < 1.29 is 9.53 Å². The summed E-state index contributed by atoms with van der Waals surface area (Å²) in [6, 6.07) is 12.4. The highest BCUT2D eigenvalue weighted by Gasteiger charge is 2.16. The lowest BCUT2D eigenvalue weighted by molar-refractivity contribution is 0.102. The average molecular weight is 442 g/mol. The Balaban J connectivity index is 1.44. The van der Waals surface area contributed by atoms with E-state index in [9.17, 15) is 4.79 Å². The fourth-order valence-electron chi connectivity index (χ4n) is 2.93. The first-order chi connectivity index (χ1) is 14.7. The van der Waals surface area contributed by atoms with Crippen LogP contribution in [0.4, 0.5) is 11.6 Å². The lowest BCUT2D eigenvalue weighted by Crippen LogP contribution is -2.37. The van der Waals surface area contributed by atoms with Gasteiger partial charge in [-0.25, -0.2) is 15.0 Å². The summed E-state index contributed by atoms with van der Waals surface area (Å²) in [5.74, 6) is 1.07. The molecule has 1 aromatic carbocycles. The summed E-state index contributed by atoms with van der Waals surface area (Å²) in [4.78, 5) is 28.3. The van der Waals surface area contributed by atoms with Crippen LogP contribution in [0.1, 0.15) is 16.1 Å². The topological polar surface area (TPSA) is 80.2 Å². The van der Waals surface area contributed by atoms with Gasteiger partial charge < -0.3 is 15.0 Å². The van der Waals surface area contributed by atoms with Gasteiger partial charge in [0.05, 0.1) is 24.5 Å². The normalized spacial score (nSPS) is 13.8. The van der Waals surface area contributed by atoms with E-state index in [0.717, 1.165) is 18.8 Å². The van der Waals surface area contributed by atoms with Crippen molar-refractivity contribution in [3.05, 3.63) is 71.1 Å². The predicted octanol–water partition coefficient (Wildman–Crippen LogP) is 3.91. The summed E-state index contributed by atoms with van der Waals surface area (Å²) in [6.07, 6.45) is 3.45. The highest BCUT2D eigenvalue weighted by atomic mass is 35.5. The van der Waals surface area contributed by atoms with E-state index < -0.39 is 0 Å². The number of nitrogens with zero attached hydrogens (tertiary/aromatic N) is 4. The summed E-state index contributed by atoms with van der Waals surface area (Å²) in [5, 5.41) is 4.15. The number of amides is 1. The number of rotatable bonds is 6. The van der Waals surface area contributed by atoms with Crippen LogP contribution in [0.5, 0.6) is 0 Å². The first kappa shape index (κ1) is 20.6. The molecule has 0 saturated carbocycles. The Kier molecular flexibility index (Phi) is 6.78. The zero-order valence-corrected chi connectivity index (χ0v) is 17.7. The number of thioether (sulfide) groups is 1. The van der Waals surface area contributed by atoms with E-state index in [0.29, 0.717) is 46.2 Å². The second kappa shape index (κ2) is 9.88. The van der Waals surface area contributed by atoms with Gasteiger partial charge in [-0.1, -0.05) is 23.4 Å². The molecule has 1 N–H and O–H groups in total. The molecule has 1 aliphatic heterocycles. The molecule has 0 bridgehead atoms. The van der Waals surface area contributed by atoms with Crippen LogP contribution in [0.15, 0.2) is 59.9 Å². The monoisotopic (exact) mass is 441 g/mol. The Morgan fingerprint density at radius 2 is 1.90 bits per heavy atom. The van der Waals surface area contributed by atoms with Gasteiger partial charge >= 0.3 is 0 Å². The third-order valence-electron chi connectivity index (χ3n) is 4.47. The van der Waals surface area contributed by atoms with Gasteiger partial charge in [0, 0.05) is 41.9 Å². The van der Waals surface area contributed by atoms with E-state index in [2.05, 4.69) is 25.2 Å². The molecule has 1 fully saturated rings. The molecule has 0 atom stereocenters. The Morgan fingerprint density at radius 1 is 1.10 bits per heavy atom. The molecule has 1 amide bonds. The van der Waals surface area contributed by atoms with Gasteiger partial charge in [0.1, 0.15) is 5.03 Å². The fourth-order valence-corrected chi connectivity index (χ4v) is 3.96. The van der Waals surface area contributed by atoms with Crippen molar-refractivity contribution in [3.63, 3.8) is 0 Å². The minimum absolute atomic E-state index is 0.218. The third kappa shape index (κ3) is 5.27. The number of ether oxygens (including phenoxy) is 1. The minimum atomic E-state index is -0.218. The van der Waals surface area contributed by atoms with Gasteiger partial charge in [0.2, 0.25) is 5.95 Å². The number of aromatic nitrogens is 3. The van der Waals surface area contributed by atoms with E-state index in [1.165, 1.54) is 11.8 Å². The van der Waals surface area contributed by atoms with Gasteiger partial charge in [-0.05, 0) is 42.5 Å². The maximum atomic E-state index is 12.8. The summed E-state index contributed by atoms with van der Waals surface area (Å²) in [7, 11) is 0. The quantitative estimate of drug-likeness (QED) is 0.581. The van der Waals surface area contributed by atoms with Crippen molar-refractivity contribution in [1.82, 2.24) is 15.0 Å². The van der Waals surface area contributed by atoms with Crippen molar-refractivity contribution >= 4 is 40.9 Å². The molecule has 154 valence electrons. The van der Waals surface area contributed by atoms with Gasteiger partial charge in [0.25, 0.3) is 5.91 Å². The molecule has 3 aromatic rings. The molecule has 4 rings (SSSR count). The largest absolute Gasteiger partial charge is 0.378 e. The highest BCUT2D eigenvalue weighted by molar-refractivity contribution is 7.98. The number of anilines is 2. The number of carbonyl (C=O) groups excluding carboxylic acids is 1. The Hall–Kier alpha value is -2.68. The lowest BCUT2D eigenvalue weighted by atomic mass is 10.2. The van der Waals surface area contributed by atoms with Crippen LogP contribution in [0.3, 0.4) is 0 Å². The van der Waals surface area contributed by atoms with Gasteiger partial charge in [0.15, 0.2) is 0 Å². The maximum Gasteiger partial charge on any atom is 0.258 e. The van der Waals surface area contributed by atoms with Crippen molar-refractivity contribution in [2.45, 2.75) is 10.8 Å². The standard InChI is InChI=1S/C21H20ClN5O2S/c22-15-3-5-16(6-4-15)25-19(28)18-2-1-8-23-20(18)30-14-17-7-9-24-21(26-17)27-10-12-29-13-11-27/h1-9H,10-14H2,(H,25,28). The molecular formula is C21H20ClN5O2S. The number of nitrogens with one attached hydrogen (secondary N) is 1. The zero-order chi connectivity index (χ0) is 20.8. The molecule has 0 aliphatic carbocycles. The van der Waals surface area contributed by atoms with E-state index in [1.807, 2.05) is 6.07 Å². The summed E-state index contributed by atoms with van der Waals surface area (Å²) >= 11 is 7.38. The van der Waals surface area contributed by atoms with Gasteiger partial charge in [-0.2, -0.15) is 0 Å². The van der Waals surface area contributed by atoms with E-state index in [-0.39, 0.29) is 5.91 Å². The van der Waals surface area contributed by atoms with Crippen LogP contribution in [0.25, 0.3) is 0 Å². The molecule has 7 nitrogen and oxygen atoms in total. The molecule has 0 unspecified atom stereocenters. The van der Waals surface area contributed by atoms with E-state index >= 15 is 0 Å². The van der Waals surface area contributed by atoms with Gasteiger partial charge in [-0.15, -0.1) is 0 Å². The molecular weight excluding hydrogens is 422 g/mol. The molecule has 3 heterocycles. The van der Waals surface area contributed by atoms with Crippen LogP contribution in [-0.2, 0) is 10.5 Å². The van der Waals surface area contributed by atoms with Crippen molar-refractivity contribution in [2.75, 3.05) is 36.5 Å². The van der Waals surface area contributed by atoms with E-state index in [1.54, 1.807) is 48.8 Å². The second-order valence-electron chi connectivity index (χ2n) is 6.55. The highest BCUT2D eigenvalue weighted by Crippen LogP contribution is 2.25. The lowest BCUT2D eigenvalue weighted by Gasteiger charge is -2.26. The van der Waals surface area contributed by atoms with Crippen LogP contribution >= 0.6 is 23.4 Å². The van der Waals surface area contributed by atoms with Crippen LogP contribution in [0, 0.1) is 0 Å². The first-order valence-electron chi connectivity index (χ1n) is 9.48. The first-order valence-corrected chi connectivity index (χ1v) is 10.8. The third-order valence-corrected chi connectivity index (χ3v) is 5.76. The average Bonchev–Trinajstić information content (AvgIpc) is 2.80. The van der Waals surface area contributed by atoms with Crippen molar-refractivity contribution in [2.24, 2.45) is 0 Å². The molecule has 0 radical (unpaired) electrons. The molecule has 1 aliphatic rings. The zero-order valence-electron chi connectivity index (χ0n) is 16.1. The number of morpholine rings is 1. The molecule has 2 aromatic heterocycles. The summed E-state index contributed by atoms with van der Waals surface area (Å²) in [5.41, 5.74) is 2.07. The van der Waals surface area contributed by atoms with Crippen LogP contribution in [-0.4, -0.2) is 47.2 Å². The van der Waals surface area contributed by atoms with Crippen molar-refractivity contribution in [3.8, 4) is 0 Å². The number of pyridine rings is 1. The Bertz CT molecular complexity index is 1010. The molecule has 0 spiro atoms. The number of hydrogen-bond acceptors (Lipinski definition) is 7. The minimum Gasteiger partial charge on any atom is -0.378 e. The van der Waals surface area contributed by atoms with Gasteiger partial charge in [-0.3, -0.25) is 4.79 Å². The number of carbonyl (C=O) groups is 1. The molecule has 30 heavy (non-hydrogen) atoms. The Morgan fingerprint density at radius 3 is 2.70 bits per heavy atom. The fraction of sp³-hybridized carbons (Fsp3) is 0.238. The number of halogens is 1. The van der Waals surface area contributed by atoms with E-state index in [4.69, 9.17) is 16.3 Å². The maximum absolute atomic E-state index is 12.8. The predicted molar refractivity (Wildman–Crippen MR) is 118 cm³/mol. The number of benzene rings is 1. The van der Waals surface area contributed by atoms with Crippen molar-refractivity contribution in [1.29, 1.82) is 0 Å². The number of hydrogen-bond donors (Lipinski definition) is 1. The SMILES string of the molecule is O=C(Nc1ccc(Cl)cc1)c1cccnc1SCc1ccnc(N2CCOCC2)n1. The van der Waals surface area contributed by atoms with Crippen LogP contribution in [0.2, 0.25) is 5.02 Å². The van der Waals surface area contributed by atoms with Crippen LogP contribution < -0.4 is 10.2 Å². The summed E-state index contributed by atoms with van der Waals surface area (Å²) < 4.78 is 5.39. The Labute approximate surface area is 183 Å². The summed E-state index contributed by atoms with van der Waals surface area (Å²) in [6.45, 7) is 2.93. The molecule has 1 saturated heterocycles. The second-order valence-corrected chi connectivity index (χ2v) is 7.95. The molecule has 9 heteroatoms.